The summed E-state index contributed by atoms with van der Waals surface area (Å²) < 4.78 is 0. The Morgan fingerprint density at radius 3 is 2.00 bits per heavy atom. The van der Waals surface area contributed by atoms with Crippen molar-refractivity contribution in [2.75, 3.05) is 0 Å². The number of hydrogen-bond acceptors (Lipinski definition) is 2. The van der Waals surface area contributed by atoms with Crippen molar-refractivity contribution in [2.45, 2.75) is 58.4 Å². The molecule has 2 heteroatoms. The van der Waals surface area contributed by atoms with E-state index in [0.29, 0.717) is 11.5 Å². The molecule has 14 heavy (non-hydrogen) atoms. The Labute approximate surface area is 87.6 Å². The van der Waals surface area contributed by atoms with E-state index in [1.54, 1.807) is 0 Å². The first-order chi connectivity index (χ1) is 6.62. The van der Waals surface area contributed by atoms with Crippen LogP contribution in [0.25, 0.3) is 0 Å². The number of hydrogen-bond donors (Lipinski definition) is 2. The predicted octanol–water partition coefficient (Wildman–Crippen LogP) is 2.44. The first-order valence-corrected chi connectivity index (χ1v) is 6.08. The van der Waals surface area contributed by atoms with E-state index in [1.165, 1.54) is 38.5 Å². The van der Waals surface area contributed by atoms with Gasteiger partial charge in [0.1, 0.15) is 0 Å². The van der Waals surface area contributed by atoms with E-state index in [0.717, 1.165) is 11.8 Å². The summed E-state index contributed by atoms with van der Waals surface area (Å²) in [5, 5.41) is 0. The van der Waals surface area contributed by atoms with Crippen LogP contribution >= 0.6 is 0 Å². The van der Waals surface area contributed by atoms with Gasteiger partial charge in [0.25, 0.3) is 0 Å². The summed E-state index contributed by atoms with van der Waals surface area (Å²) in [4.78, 5) is 0. The Balaban J connectivity index is 1.86. The molecule has 1 unspecified atom stereocenters. The SMILES string of the molecule is CC1(C)CCC(C(NN)C2CC2)CC1. The molecule has 0 saturated heterocycles. The molecule has 2 rings (SSSR count). The highest BCUT2D eigenvalue weighted by Gasteiger charge is 2.38. The van der Waals surface area contributed by atoms with E-state index in [1.807, 2.05) is 0 Å². The van der Waals surface area contributed by atoms with E-state index in [9.17, 15) is 0 Å². The fourth-order valence-electron chi connectivity index (χ4n) is 2.89. The predicted molar refractivity (Wildman–Crippen MR) is 59.6 cm³/mol. The van der Waals surface area contributed by atoms with Crippen molar-refractivity contribution in [3.63, 3.8) is 0 Å². The third-order valence-corrected chi connectivity index (χ3v) is 4.21. The summed E-state index contributed by atoms with van der Waals surface area (Å²) in [6, 6.07) is 0.617. The maximum absolute atomic E-state index is 5.66. The summed E-state index contributed by atoms with van der Waals surface area (Å²) in [5.41, 5.74) is 3.64. The maximum atomic E-state index is 5.66. The van der Waals surface area contributed by atoms with Crippen molar-refractivity contribution in [3.05, 3.63) is 0 Å². The van der Waals surface area contributed by atoms with Gasteiger partial charge in [-0.25, -0.2) is 0 Å². The highest BCUT2D eigenvalue weighted by molar-refractivity contribution is 4.92. The zero-order valence-corrected chi connectivity index (χ0v) is 9.55. The van der Waals surface area contributed by atoms with Gasteiger partial charge in [-0.05, 0) is 55.8 Å². The fraction of sp³-hybridized carbons (Fsp3) is 1.00. The van der Waals surface area contributed by atoms with Crippen molar-refractivity contribution in [1.29, 1.82) is 0 Å². The summed E-state index contributed by atoms with van der Waals surface area (Å²) in [5.74, 6) is 7.40. The van der Waals surface area contributed by atoms with Gasteiger partial charge in [0.15, 0.2) is 0 Å². The van der Waals surface area contributed by atoms with Gasteiger partial charge < -0.3 is 0 Å². The first kappa shape index (κ1) is 10.4. The van der Waals surface area contributed by atoms with Crippen LogP contribution in [0.4, 0.5) is 0 Å². The molecule has 0 aliphatic heterocycles. The fourth-order valence-corrected chi connectivity index (χ4v) is 2.89. The molecule has 0 bridgehead atoms. The van der Waals surface area contributed by atoms with Crippen LogP contribution in [0, 0.1) is 17.3 Å². The van der Waals surface area contributed by atoms with Crippen molar-refractivity contribution in [1.82, 2.24) is 5.43 Å². The number of nitrogens with two attached hydrogens (primary N) is 1. The summed E-state index contributed by atoms with van der Waals surface area (Å²) in [6.45, 7) is 4.79. The molecule has 0 spiro atoms. The lowest BCUT2D eigenvalue weighted by molar-refractivity contribution is 0.153. The van der Waals surface area contributed by atoms with Gasteiger partial charge in [-0.3, -0.25) is 11.3 Å². The molecular formula is C12H24N2. The van der Waals surface area contributed by atoms with Gasteiger partial charge in [0.05, 0.1) is 0 Å². The minimum Gasteiger partial charge on any atom is -0.271 e. The van der Waals surface area contributed by atoms with Crippen molar-refractivity contribution in [2.24, 2.45) is 23.1 Å². The average Bonchev–Trinajstić information content (AvgIpc) is 2.93. The zero-order valence-electron chi connectivity index (χ0n) is 9.55. The summed E-state index contributed by atoms with van der Waals surface area (Å²) >= 11 is 0. The van der Waals surface area contributed by atoms with Crippen LogP contribution in [-0.4, -0.2) is 6.04 Å². The van der Waals surface area contributed by atoms with Crippen LogP contribution in [0.5, 0.6) is 0 Å². The monoisotopic (exact) mass is 196 g/mol. The minimum atomic E-state index is 0.583. The molecule has 82 valence electrons. The van der Waals surface area contributed by atoms with Crippen molar-refractivity contribution >= 4 is 0 Å². The van der Waals surface area contributed by atoms with Crippen LogP contribution in [0.15, 0.2) is 0 Å². The van der Waals surface area contributed by atoms with Gasteiger partial charge in [-0.1, -0.05) is 13.8 Å². The van der Waals surface area contributed by atoms with Crippen LogP contribution < -0.4 is 11.3 Å². The van der Waals surface area contributed by atoms with Gasteiger partial charge >= 0.3 is 0 Å². The van der Waals surface area contributed by atoms with Crippen LogP contribution in [0.1, 0.15) is 52.4 Å². The molecule has 0 aromatic carbocycles. The highest BCUT2D eigenvalue weighted by atomic mass is 15.2. The van der Waals surface area contributed by atoms with E-state index in [-0.39, 0.29) is 0 Å². The molecule has 2 fully saturated rings. The second kappa shape index (κ2) is 3.82. The van der Waals surface area contributed by atoms with E-state index >= 15 is 0 Å². The standard InChI is InChI=1S/C12H24N2/c1-12(2)7-5-10(6-8-12)11(14-13)9-3-4-9/h9-11,14H,3-8,13H2,1-2H3. The zero-order chi connectivity index (χ0) is 10.2. The lowest BCUT2D eigenvalue weighted by Crippen LogP contribution is -2.44. The normalized spacial score (nSPS) is 30.2. The van der Waals surface area contributed by atoms with Crippen molar-refractivity contribution in [3.8, 4) is 0 Å². The van der Waals surface area contributed by atoms with Gasteiger partial charge in [0.2, 0.25) is 0 Å². The molecule has 2 saturated carbocycles. The van der Waals surface area contributed by atoms with E-state index in [4.69, 9.17) is 5.84 Å². The second-order valence-corrected chi connectivity index (χ2v) is 6.03. The van der Waals surface area contributed by atoms with Gasteiger partial charge in [-0.15, -0.1) is 0 Å². The molecule has 2 nitrogen and oxygen atoms in total. The lowest BCUT2D eigenvalue weighted by Gasteiger charge is -2.38. The number of rotatable bonds is 3. The minimum absolute atomic E-state index is 0.583. The molecular weight excluding hydrogens is 172 g/mol. The number of hydrazine groups is 1. The third kappa shape index (κ3) is 2.29. The van der Waals surface area contributed by atoms with Crippen LogP contribution in [-0.2, 0) is 0 Å². The molecule has 3 N–H and O–H groups in total. The van der Waals surface area contributed by atoms with E-state index < -0.39 is 0 Å². The Morgan fingerprint density at radius 1 is 1.07 bits per heavy atom. The Hall–Kier alpha value is -0.0800. The molecule has 0 radical (unpaired) electrons. The molecule has 2 aliphatic carbocycles. The lowest BCUT2D eigenvalue weighted by atomic mass is 9.70. The largest absolute Gasteiger partial charge is 0.271 e. The van der Waals surface area contributed by atoms with E-state index in [2.05, 4.69) is 19.3 Å². The highest BCUT2D eigenvalue weighted by Crippen LogP contribution is 2.44. The second-order valence-electron chi connectivity index (χ2n) is 6.03. The molecule has 2 aliphatic rings. The van der Waals surface area contributed by atoms with Gasteiger partial charge in [-0.2, -0.15) is 0 Å². The summed E-state index contributed by atoms with van der Waals surface area (Å²) in [7, 11) is 0. The average molecular weight is 196 g/mol. The Bertz CT molecular complexity index is 186. The maximum Gasteiger partial charge on any atom is 0.0267 e. The Morgan fingerprint density at radius 2 is 1.57 bits per heavy atom. The van der Waals surface area contributed by atoms with Crippen LogP contribution in [0.2, 0.25) is 0 Å². The molecule has 0 heterocycles. The van der Waals surface area contributed by atoms with Gasteiger partial charge in [0, 0.05) is 6.04 Å². The smallest absolute Gasteiger partial charge is 0.0267 e. The number of nitrogens with one attached hydrogen (secondary N) is 1. The molecule has 0 aromatic heterocycles. The molecule has 1 atom stereocenters. The quantitative estimate of drug-likeness (QED) is 0.537. The van der Waals surface area contributed by atoms with Crippen molar-refractivity contribution < 1.29 is 0 Å². The Kier molecular flexibility index (Phi) is 2.85. The molecule has 0 amide bonds. The topological polar surface area (TPSA) is 38.0 Å². The molecule has 0 aromatic rings. The first-order valence-electron chi connectivity index (χ1n) is 6.08. The summed E-state index contributed by atoms with van der Waals surface area (Å²) in [6.07, 6.45) is 8.30. The third-order valence-electron chi connectivity index (χ3n) is 4.21. The van der Waals surface area contributed by atoms with Crippen LogP contribution in [0.3, 0.4) is 0 Å².